The van der Waals surface area contributed by atoms with E-state index in [1.54, 1.807) is 0 Å². The molecule has 0 radical (unpaired) electrons. The third kappa shape index (κ3) is 1.96. The van der Waals surface area contributed by atoms with Crippen molar-refractivity contribution in [2.24, 2.45) is 0 Å². The van der Waals surface area contributed by atoms with E-state index in [0.29, 0.717) is 0 Å². The minimum Gasteiger partial charge on any atom is -0.363 e. The molecule has 1 aliphatic heterocycles. The summed E-state index contributed by atoms with van der Waals surface area (Å²) in [5, 5.41) is 3.89. The standard InChI is InChI=1S/C8H15N5S/c1-9-8-10-7(11-14-8)13-5-3-12(2)4-6-13/h3-6H2,1-2H3,(H,9,10,11). The highest BCUT2D eigenvalue weighted by atomic mass is 32.1. The predicted molar refractivity (Wildman–Crippen MR) is 59.2 cm³/mol. The molecule has 2 rings (SSSR count). The molecule has 0 aromatic carbocycles. The molecule has 6 heteroatoms. The van der Waals surface area contributed by atoms with Crippen LogP contribution in [0.25, 0.3) is 0 Å². The zero-order chi connectivity index (χ0) is 9.97. The average Bonchev–Trinajstić information content (AvgIpc) is 2.67. The van der Waals surface area contributed by atoms with Crippen molar-refractivity contribution in [3.63, 3.8) is 0 Å². The molecule has 0 atom stereocenters. The van der Waals surface area contributed by atoms with Crippen LogP contribution in [0.3, 0.4) is 0 Å². The summed E-state index contributed by atoms with van der Waals surface area (Å²) in [6.07, 6.45) is 0. The first-order chi connectivity index (χ1) is 6.79. The molecule has 78 valence electrons. The van der Waals surface area contributed by atoms with Crippen molar-refractivity contribution in [3.05, 3.63) is 0 Å². The third-order valence-electron chi connectivity index (χ3n) is 2.42. The molecule has 1 saturated heterocycles. The van der Waals surface area contributed by atoms with E-state index in [2.05, 4.69) is 31.5 Å². The summed E-state index contributed by atoms with van der Waals surface area (Å²) in [5.74, 6) is 0.868. The quantitative estimate of drug-likeness (QED) is 0.767. The van der Waals surface area contributed by atoms with Crippen molar-refractivity contribution in [2.75, 3.05) is 50.5 Å². The Balaban J connectivity index is 2.01. The van der Waals surface area contributed by atoms with E-state index in [0.717, 1.165) is 37.3 Å². The molecule has 0 amide bonds. The number of rotatable bonds is 2. The maximum absolute atomic E-state index is 4.38. The van der Waals surface area contributed by atoms with Crippen LogP contribution in [-0.4, -0.2) is 54.5 Å². The SMILES string of the molecule is CNc1nc(N2CCN(C)CC2)ns1. The zero-order valence-electron chi connectivity index (χ0n) is 8.53. The van der Waals surface area contributed by atoms with Crippen LogP contribution in [0.4, 0.5) is 11.1 Å². The van der Waals surface area contributed by atoms with Crippen LogP contribution in [0.5, 0.6) is 0 Å². The Kier molecular flexibility index (Phi) is 2.83. The minimum atomic E-state index is 0.868. The number of hydrogen-bond donors (Lipinski definition) is 1. The van der Waals surface area contributed by atoms with E-state index in [1.807, 2.05) is 7.05 Å². The summed E-state index contributed by atoms with van der Waals surface area (Å²) in [4.78, 5) is 8.94. The van der Waals surface area contributed by atoms with E-state index < -0.39 is 0 Å². The first kappa shape index (κ1) is 9.67. The van der Waals surface area contributed by atoms with Crippen molar-refractivity contribution in [1.82, 2.24) is 14.3 Å². The summed E-state index contributed by atoms with van der Waals surface area (Å²) >= 11 is 1.42. The molecule has 1 aliphatic rings. The maximum Gasteiger partial charge on any atom is 0.239 e. The highest BCUT2D eigenvalue weighted by Crippen LogP contribution is 2.18. The molecular weight excluding hydrogens is 198 g/mol. The van der Waals surface area contributed by atoms with Gasteiger partial charge < -0.3 is 15.1 Å². The van der Waals surface area contributed by atoms with Crippen LogP contribution >= 0.6 is 11.5 Å². The summed E-state index contributed by atoms with van der Waals surface area (Å²) in [6.45, 7) is 4.23. The van der Waals surface area contributed by atoms with E-state index in [9.17, 15) is 0 Å². The molecule has 0 saturated carbocycles. The first-order valence-corrected chi connectivity index (χ1v) is 5.52. The van der Waals surface area contributed by atoms with Gasteiger partial charge in [-0.2, -0.15) is 9.36 Å². The second kappa shape index (κ2) is 4.10. The molecule has 1 fully saturated rings. The molecule has 0 aliphatic carbocycles. The lowest BCUT2D eigenvalue weighted by Crippen LogP contribution is -2.44. The van der Waals surface area contributed by atoms with Crippen LogP contribution in [-0.2, 0) is 0 Å². The molecule has 0 bridgehead atoms. The second-order valence-electron chi connectivity index (χ2n) is 3.44. The van der Waals surface area contributed by atoms with Gasteiger partial charge in [0.1, 0.15) is 0 Å². The van der Waals surface area contributed by atoms with E-state index in [1.165, 1.54) is 11.5 Å². The Morgan fingerprint density at radius 2 is 2.00 bits per heavy atom. The van der Waals surface area contributed by atoms with Gasteiger partial charge in [-0.05, 0) is 7.05 Å². The van der Waals surface area contributed by atoms with Crippen LogP contribution < -0.4 is 10.2 Å². The molecule has 1 N–H and O–H groups in total. The van der Waals surface area contributed by atoms with E-state index in [4.69, 9.17) is 0 Å². The van der Waals surface area contributed by atoms with Gasteiger partial charge in [-0.25, -0.2) is 0 Å². The van der Waals surface area contributed by atoms with Gasteiger partial charge in [0, 0.05) is 44.8 Å². The second-order valence-corrected chi connectivity index (χ2v) is 4.19. The summed E-state index contributed by atoms with van der Waals surface area (Å²) in [7, 11) is 4.01. The zero-order valence-corrected chi connectivity index (χ0v) is 9.34. The smallest absolute Gasteiger partial charge is 0.239 e. The van der Waals surface area contributed by atoms with Crippen LogP contribution in [0.2, 0.25) is 0 Å². The number of aromatic nitrogens is 2. The van der Waals surface area contributed by atoms with Crippen LogP contribution in [0, 0.1) is 0 Å². The van der Waals surface area contributed by atoms with Gasteiger partial charge in [0.15, 0.2) is 0 Å². The fraction of sp³-hybridized carbons (Fsp3) is 0.750. The molecule has 1 aromatic rings. The monoisotopic (exact) mass is 213 g/mol. The lowest BCUT2D eigenvalue weighted by Gasteiger charge is -2.31. The van der Waals surface area contributed by atoms with Crippen molar-refractivity contribution < 1.29 is 0 Å². The fourth-order valence-corrected chi connectivity index (χ4v) is 1.99. The predicted octanol–water partition coefficient (Wildman–Crippen LogP) is 0.332. The minimum absolute atomic E-state index is 0.868. The van der Waals surface area contributed by atoms with Gasteiger partial charge in [-0.15, -0.1) is 0 Å². The Labute approximate surface area is 87.9 Å². The lowest BCUT2D eigenvalue weighted by molar-refractivity contribution is 0.311. The molecule has 2 heterocycles. The number of likely N-dealkylation sites (N-methyl/N-ethyl adjacent to an activating group) is 1. The van der Waals surface area contributed by atoms with E-state index in [-0.39, 0.29) is 0 Å². The highest BCUT2D eigenvalue weighted by Gasteiger charge is 2.17. The number of piperazine rings is 1. The lowest BCUT2D eigenvalue weighted by atomic mass is 10.3. The first-order valence-electron chi connectivity index (χ1n) is 4.74. The number of nitrogens with zero attached hydrogens (tertiary/aromatic N) is 4. The summed E-state index contributed by atoms with van der Waals surface area (Å²) in [6, 6.07) is 0. The largest absolute Gasteiger partial charge is 0.363 e. The van der Waals surface area contributed by atoms with Gasteiger partial charge in [0.2, 0.25) is 11.1 Å². The molecule has 14 heavy (non-hydrogen) atoms. The molecule has 5 nitrogen and oxygen atoms in total. The Morgan fingerprint density at radius 1 is 1.29 bits per heavy atom. The normalized spacial score (nSPS) is 18.6. The number of anilines is 2. The Morgan fingerprint density at radius 3 is 2.57 bits per heavy atom. The Bertz CT molecular complexity index is 292. The summed E-state index contributed by atoms with van der Waals surface area (Å²) < 4.78 is 4.31. The van der Waals surface area contributed by atoms with Gasteiger partial charge >= 0.3 is 0 Å². The molecule has 0 spiro atoms. The van der Waals surface area contributed by atoms with Crippen molar-refractivity contribution in [2.45, 2.75) is 0 Å². The average molecular weight is 213 g/mol. The van der Waals surface area contributed by atoms with Crippen molar-refractivity contribution >= 4 is 22.6 Å². The molecular formula is C8H15N5S. The Hall–Kier alpha value is -0.880. The van der Waals surface area contributed by atoms with E-state index >= 15 is 0 Å². The van der Waals surface area contributed by atoms with Gasteiger partial charge in [-0.1, -0.05) is 0 Å². The number of nitrogens with one attached hydrogen (secondary N) is 1. The summed E-state index contributed by atoms with van der Waals surface area (Å²) in [5.41, 5.74) is 0. The topological polar surface area (TPSA) is 44.3 Å². The van der Waals surface area contributed by atoms with Crippen LogP contribution in [0.1, 0.15) is 0 Å². The van der Waals surface area contributed by atoms with Gasteiger partial charge in [0.25, 0.3) is 0 Å². The van der Waals surface area contributed by atoms with Crippen LogP contribution in [0.15, 0.2) is 0 Å². The number of hydrogen-bond acceptors (Lipinski definition) is 6. The van der Waals surface area contributed by atoms with Gasteiger partial charge in [0.05, 0.1) is 0 Å². The van der Waals surface area contributed by atoms with Crippen molar-refractivity contribution in [1.29, 1.82) is 0 Å². The molecule has 1 aromatic heterocycles. The van der Waals surface area contributed by atoms with Crippen molar-refractivity contribution in [3.8, 4) is 0 Å². The highest BCUT2D eigenvalue weighted by molar-refractivity contribution is 7.09. The van der Waals surface area contributed by atoms with Gasteiger partial charge in [-0.3, -0.25) is 0 Å². The fourth-order valence-electron chi connectivity index (χ4n) is 1.45. The third-order valence-corrected chi connectivity index (χ3v) is 3.14. The maximum atomic E-state index is 4.38. The molecule has 0 unspecified atom stereocenters.